The van der Waals surface area contributed by atoms with Crippen molar-refractivity contribution in [1.82, 2.24) is 0 Å². The van der Waals surface area contributed by atoms with E-state index in [-0.39, 0.29) is 11.9 Å². The number of hydrogen-bond acceptors (Lipinski definition) is 1. The van der Waals surface area contributed by atoms with Gasteiger partial charge in [0, 0.05) is 0 Å². The molecule has 0 aliphatic heterocycles. The van der Waals surface area contributed by atoms with Gasteiger partial charge in [-0.1, -0.05) is 42.0 Å². The number of rotatable bonds is 5. The predicted octanol–water partition coefficient (Wildman–Crippen LogP) is 3.67. The number of aliphatic hydroxyl groups excluding tert-OH is 1. The number of aryl methyl sites for hydroxylation is 2. The van der Waals surface area contributed by atoms with Gasteiger partial charge in [0.2, 0.25) is 0 Å². The lowest BCUT2D eigenvalue weighted by Gasteiger charge is -2.11. The lowest BCUT2D eigenvalue weighted by atomic mass is 10.0. The molecule has 19 heavy (non-hydrogen) atoms. The van der Waals surface area contributed by atoms with Gasteiger partial charge >= 0.3 is 0 Å². The summed E-state index contributed by atoms with van der Waals surface area (Å²) in [7, 11) is 0. The highest BCUT2D eigenvalue weighted by Crippen LogP contribution is 2.12. The third-order valence-electron chi connectivity index (χ3n) is 3.23. The largest absolute Gasteiger partial charge is 0.393 e. The Balaban J connectivity index is 1.84. The summed E-state index contributed by atoms with van der Waals surface area (Å²) >= 11 is 0. The van der Waals surface area contributed by atoms with Crippen LogP contribution in [0, 0.1) is 12.7 Å². The van der Waals surface area contributed by atoms with Crippen molar-refractivity contribution in [2.45, 2.75) is 32.3 Å². The van der Waals surface area contributed by atoms with Crippen LogP contribution < -0.4 is 0 Å². The Morgan fingerprint density at radius 1 is 1.05 bits per heavy atom. The summed E-state index contributed by atoms with van der Waals surface area (Å²) in [4.78, 5) is 0. The second-order valence-electron chi connectivity index (χ2n) is 5.01. The molecular formula is C17H19FO. The molecule has 1 N–H and O–H groups in total. The summed E-state index contributed by atoms with van der Waals surface area (Å²) in [6.45, 7) is 2.07. The summed E-state index contributed by atoms with van der Waals surface area (Å²) in [5.74, 6) is -0.238. The Morgan fingerprint density at radius 2 is 1.79 bits per heavy atom. The smallest absolute Gasteiger partial charge is 0.123 e. The van der Waals surface area contributed by atoms with Crippen LogP contribution in [-0.2, 0) is 12.8 Å². The molecule has 0 aliphatic carbocycles. The van der Waals surface area contributed by atoms with Gasteiger partial charge < -0.3 is 5.11 Å². The summed E-state index contributed by atoms with van der Waals surface area (Å²) < 4.78 is 12.8. The van der Waals surface area contributed by atoms with E-state index in [1.54, 1.807) is 12.1 Å². The van der Waals surface area contributed by atoms with Crippen LogP contribution in [-0.4, -0.2) is 11.2 Å². The van der Waals surface area contributed by atoms with Crippen molar-refractivity contribution in [3.63, 3.8) is 0 Å². The second-order valence-corrected chi connectivity index (χ2v) is 5.01. The maximum Gasteiger partial charge on any atom is 0.123 e. The molecule has 2 rings (SSSR count). The van der Waals surface area contributed by atoms with Crippen molar-refractivity contribution in [2.24, 2.45) is 0 Å². The molecule has 2 aromatic rings. The quantitative estimate of drug-likeness (QED) is 0.867. The van der Waals surface area contributed by atoms with E-state index >= 15 is 0 Å². The fourth-order valence-corrected chi connectivity index (χ4v) is 2.20. The van der Waals surface area contributed by atoms with Crippen LogP contribution in [0.4, 0.5) is 4.39 Å². The minimum atomic E-state index is -0.383. The van der Waals surface area contributed by atoms with E-state index in [0.29, 0.717) is 6.42 Å². The topological polar surface area (TPSA) is 20.2 Å². The van der Waals surface area contributed by atoms with Crippen molar-refractivity contribution >= 4 is 0 Å². The molecule has 0 saturated heterocycles. The Hall–Kier alpha value is -1.67. The molecule has 0 fully saturated rings. The summed E-state index contributed by atoms with van der Waals surface area (Å²) in [6, 6.07) is 14.7. The van der Waals surface area contributed by atoms with Crippen molar-refractivity contribution in [2.75, 3.05) is 0 Å². The molecule has 0 radical (unpaired) electrons. The molecule has 0 spiro atoms. The molecule has 0 aromatic heterocycles. The summed E-state index contributed by atoms with van der Waals surface area (Å²) in [5, 5.41) is 10.0. The van der Waals surface area contributed by atoms with Gasteiger partial charge in [-0.05, 0) is 49.4 Å². The highest BCUT2D eigenvalue weighted by molar-refractivity contribution is 5.22. The number of aliphatic hydroxyl groups is 1. The first-order valence-electron chi connectivity index (χ1n) is 6.61. The van der Waals surface area contributed by atoms with Gasteiger partial charge in [-0.25, -0.2) is 4.39 Å². The molecule has 1 nitrogen and oxygen atoms in total. The molecule has 2 heteroatoms. The average Bonchev–Trinajstić information content (AvgIpc) is 2.39. The Labute approximate surface area is 113 Å². The zero-order valence-corrected chi connectivity index (χ0v) is 11.1. The summed E-state index contributed by atoms with van der Waals surface area (Å²) in [6.07, 6.45) is 1.78. The van der Waals surface area contributed by atoms with Crippen LogP contribution in [0.25, 0.3) is 0 Å². The zero-order chi connectivity index (χ0) is 13.7. The van der Waals surface area contributed by atoms with Crippen LogP contribution in [0.3, 0.4) is 0 Å². The van der Waals surface area contributed by atoms with Crippen molar-refractivity contribution in [3.8, 4) is 0 Å². The molecule has 0 aliphatic rings. The van der Waals surface area contributed by atoms with Gasteiger partial charge in [-0.2, -0.15) is 0 Å². The number of benzene rings is 2. The fraction of sp³-hybridized carbons (Fsp3) is 0.294. The molecule has 100 valence electrons. The lowest BCUT2D eigenvalue weighted by Crippen LogP contribution is -2.11. The molecular weight excluding hydrogens is 239 g/mol. The predicted molar refractivity (Wildman–Crippen MR) is 75.6 cm³/mol. The average molecular weight is 258 g/mol. The fourth-order valence-electron chi connectivity index (χ4n) is 2.20. The minimum absolute atomic E-state index is 0.238. The van der Waals surface area contributed by atoms with Crippen LogP contribution >= 0.6 is 0 Å². The van der Waals surface area contributed by atoms with Gasteiger partial charge in [0.05, 0.1) is 6.10 Å². The van der Waals surface area contributed by atoms with E-state index in [1.807, 2.05) is 6.07 Å². The standard InChI is InChI=1S/C17H19FO/c1-13-3-2-4-14(11-13)7-10-17(19)12-15-5-8-16(18)9-6-15/h2-6,8-9,11,17,19H,7,10,12H2,1H3. The lowest BCUT2D eigenvalue weighted by molar-refractivity contribution is 0.165. The third kappa shape index (κ3) is 4.49. The molecule has 0 heterocycles. The molecule has 1 atom stereocenters. The van der Waals surface area contributed by atoms with E-state index < -0.39 is 0 Å². The van der Waals surface area contributed by atoms with E-state index in [9.17, 15) is 9.50 Å². The molecule has 0 bridgehead atoms. The van der Waals surface area contributed by atoms with Gasteiger partial charge in [0.1, 0.15) is 5.82 Å². The van der Waals surface area contributed by atoms with Crippen LogP contribution in [0.15, 0.2) is 48.5 Å². The maximum atomic E-state index is 12.8. The number of halogens is 1. The van der Waals surface area contributed by atoms with Crippen molar-refractivity contribution in [3.05, 3.63) is 71.0 Å². The van der Waals surface area contributed by atoms with E-state index in [0.717, 1.165) is 18.4 Å². The first-order chi connectivity index (χ1) is 9.13. The van der Waals surface area contributed by atoms with E-state index in [2.05, 4.69) is 25.1 Å². The Kier molecular flexibility index (Phi) is 4.69. The summed E-state index contributed by atoms with van der Waals surface area (Å²) in [5.41, 5.74) is 3.46. The highest BCUT2D eigenvalue weighted by Gasteiger charge is 2.06. The minimum Gasteiger partial charge on any atom is -0.393 e. The van der Waals surface area contributed by atoms with Crippen LogP contribution in [0.2, 0.25) is 0 Å². The second kappa shape index (κ2) is 6.48. The maximum absolute atomic E-state index is 12.8. The van der Waals surface area contributed by atoms with Crippen LogP contribution in [0.1, 0.15) is 23.1 Å². The van der Waals surface area contributed by atoms with Crippen molar-refractivity contribution < 1.29 is 9.50 Å². The SMILES string of the molecule is Cc1cccc(CCC(O)Cc2ccc(F)cc2)c1. The molecule has 0 amide bonds. The normalized spacial score (nSPS) is 12.4. The zero-order valence-electron chi connectivity index (χ0n) is 11.1. The van der Waals surface area contributed by atoms with Gasteiger partial charge in [0.25, 0.3) is 0 Å². The first kappa shape index (κ1) is 13.8. The highest BCUT2D eigenvalue weighted by atomic mass is 19.1. The Bertz CT molecular complexity index is 519. The third-order valence-corrected chi connectivity index (χ3v) is 3.23. The number of hydrogen-bond donors (Lipinski definition) is 1. The van der Waals surface area contributed by atoms with Crippen LogP contribution in [0.5, 0.6) is 0 Å². The molecule has 2 aromatic carbocycles. The molecule has 0 saturated carbocycles. The monoisotopic (exact) mass is 258 g/mol. The van der Waals surface area contributed by atoms with E-state index in [1.165, 1.54) is 23.3 Å². The first-order valence-corrected chi connectivity index (χ1v) is 6.61. The van der Waals surface area contributed by atoms with Gasteiger partial charge in [-0.3, -0.25) is 0 Å². The van der Waals surface area contributed by atoms with Gasteiger partial charge in [0.15, 0.2) is 0 Å². The Morgan fingerprint density at radius 3 is 2.47 bits per heavy atom. The van der Waals surface area contributed by atoms with Gasteiger partial charge in [-0.15, -0.1) is 0 Å². The van der Waals surface area contributed by atoms with E-state index in [4.69, 9.17) is 0 Å². The van der Waals surface area contributed by atoms with Crippen molar-refractivity contribution in [1.29, 1.82) is 0 Å². The molecule has 1 unspecified atom stereocenters.